The minimum Gasteiger partial charge on any atom is -0.457 e. The van der Waals surface area contributed by atoms with Crippen molar-refractivity contribution in [3.63, 3.8) is 0 Å². The fourth-order valence-corrected chi connectivity index (χ4v) is 2.99. The molecule has 1 atom stereocenters. The van der Waals surface area contributed by atoms with Crippen LogP contribution in [0.2, 0.25) is 0 Å². The molecule has 0 spiro atoms. The number of piperidine rings is 1. The summed E-state index contributed by atoms with van der Waals surface area (Å²) in [7, 11) is 0. The zero-order valence-corrected chi connectivity index (χ0v) is 13.8. The zero-order chi connectivity index (χ0) is 16.6. The van der Waals surface area contributed by atoms with Crippen molar-refractivity contribution in [2.75, 3.05) is 19.6 Å². The maximum Gasteiger partial charge on any atom is 0.251 e. The van der Waals surface area contributed by atoms with Crippen LogP contribution >= 0.6 is 0 Å². The first-order valence-corrected chi connectivity index (χ1v) is 8.63. The lowest BCUT2D eigenvalue weighted by Crippen LogP contribution is -2.33. The van der Waals surface area contributed by atoms with Gasteiger partial charge in [0.05, 0.1) is 0 Å². The molecule has 1 unspecified atom stereocenters. The van der Waals surface area contributed by atoms with Crippen LogP contribution in [0.5, 0.6) is 11.5 Å². The van der Waals surface area contributed by atoms with Crippen molar-refractivity contribution in [3.8, 4) is 11.5 Å². The Bertz CT molecular complexity index is 652. The van der Waals surface area contributed by atoms with Crippen LogP contribution in [-0.2, 0) is 0 Å². The van der Waals surface area contributed by atoms with E-state index in [0.717, 1.165) is 31.8 Å². The molecular weight excluding hydrogens is 300 g/mol. The van der Waals surface area contributed by atoms with Gasteiger partial charge < -0.3 is 15.4 Å². The number of hydrogen-bond donors (Lipinski definition) is 2. The average molecular weight is 324 g/mol. The summed E-state index contributed by atoms with van der Waals surface area (Å²) in [5, 5.41) is 6.42. The summed E-state index contributed by atoms with van der Waals surface area (Å²) < 4.78 is 5.78. The highest BCUT2D eigenvalue weighted by Gasteiger charge is 2.13. The lowest BCUT2D eigenvalue weighted by Gasteiger charge is -2.22. The Kier molecular flexibility index (Phi) is 5.85. The number of hydrogen-bond acceptors (Lipinski definition) is 3. The van der Waals surface area contributed by atoms with Gasteiger partial charge in [0.15, 0.2) is 0 Å². The summed E-state index contributed by atoms with van der Waals surface area (Å²) in [6, 6.07) is 16.9. The molecule has 1 fully saturated rings. The normalized spacial score (nSPS) is 17.2. The number of benzene rings is 2. The van der Waals surface area contributed by atoms with Gasteiger partial charge in [0.25, 0.3) is 5.91 Å². The molecule has 4 heteroatoms. The predicted molar refractivity (Wildman–Crippen MR) is 95.5 cm³/mol. The van der Waals surface area contributed by atoms with Crippen LogP contribution in [0.4, 0.5) is 0 Å². The average Bonchev–Trinajstić information content (AvgIpc) is 2.64. The van der Waals surface area contributed by atoms with E-state index < -0.39 is 0 Å². The van der Waals surface area contributed by atoms with E-state index in [1.54, 1.807) is 6.07 Å². The second-order valence-corrected chi connectivity index (χ2v) is 6.20. The molecular formula is C20H24N2O2. The number of rotatable bonds is 6. The number of para-hydroxylation sites is 1. The van der Waals surface area contributed by atoms with Crippen LogP contribution in [-0.4, -0.2) is 25.5 Å². The van der Waals surface area contributed by atoms with Crippen molar-refractivity contribution in [1.29, 1.82) is 0 Å². The number of ether oxygens (including phenoxy) is 1. The molecule has 4 nitrogen and oxygen atoms in total. The highest BCUT2D eigenvalue weighted by Crippen LogP contribution is 2.21. The van der Waals surface area contributed by atoms with Crippen molar-refractivity contribution in [1.82, 2.24) is 10.6 Å². The SMILES string of the molecule is O=C(NCCC1CCCNC1)c1cccc(Oc2ccccc2)c1. The van der Waals surface area contributed by atoms with E-state index in [4.69, 9.17) is 4.74 Å². The minimum atomic E-state index is -0.0442. The van der Waals surface area contributed by atoms with Crippen molar-refractivity contribution >= 4 is 5.91 Å². The first-order chi connectivity index (χ1) is 11.8. The van der Waals surface area contributed by atoms with E-state index >= 15 is 0 Å². The van der Waals surface area contributed by atoms with E-state index in [0.29, 0.717) is 17.2 Å². The summed E-state index contributed by atoms with van der Waals surface area (Å²) >= 11 is 0. The number of carbonyl (C=O) groups excluding carboxylic acids is 1. The van der Waals surface area contributed by atoms with E-state index in [2.05, 4.69) is 10.6 Å². The lowest BCUT2D eigenvalue weighted by atomic mass is 9.96. The Labute approximate surface area is 143 Å². The summed E-state index contributed by atoms with van der Waals surface area (Å²) in [5.74, 6) is 2.06. The van der Waals surface area contributed by atoms with Gasteiger partial charge in [0.1, 0.15) is 11.5 Å². The van der Waals surface area contributed by atoms with Crippen molar-refractivity contribution < 1.29 is 9.53 Å². The molecule has 1 aliphatic rings. The Morgan fingerprint density at radius 3 is 2.75 bits per heavy atom. The number of amides is 1. The summed E-state index contributed by atoms with van der Waals surface area (Å²) in [4.78, 5) is 12.3. The molecule has 2 N–H and O–H groups in total. The first kappa shape index (κ1) is 16.5. The monoisotopic (exact) mass is 324 g/mol. The molecule has 1 amide bonds. The first-order valence-electron chi connectivity index (χ1n) is 8.63. The highest BCUT2D eigenvalue weighted by molar-refractivity contribution is 5.94. The van der Waals surface area contributed by atoms with Gasteiger partial charge in [-0.15, -0.1) is 0 Å². The smallest absolute Gasteiger partial charge is 0.251 e. The Morgan fingerprint density at radius 1 is 1.12 bits per heavy atom. The summed E-state index contributed by atoms with van der Waals surface area (Å²) in [5.41, 5.74) is 0.630. The fourth-order valence-electron chi connectivity index (χ4n) is 2.99. The van der Waals surface area contributed by atoms with Crippen LogP contribution in [0, 0.1) is 5.92 Å². The Balaban J connectivity index is 1.52. The third-order valence-corrected chi connectivity index (χ3v) is 4.31. The Hall–Kier alpha value is -2.33. The van der Waals surface area contributed by atoms with Crippen molar-refractivity contribution in [2.45, 2.75) is 19.3 Å². The molecule has 1 heterocycles. The van der Waals surface area contributed by atoms with Gasteiger partial charge in [-0.1, -0.05) is 24.3 Å². The van der Waals surface area contributed by atoms with Gasteiger partial charge in [-0.05, 0) is 68.6 Å². The molecule has 0 bridgehead atoms. The van der Waals surface area contributed by atoms with E-state index in [1.165, 1.54) is 12.8 Å². The minimum absolute atomic E-state index is 0.0442. The molecule has 2 aromatic rings. The third kappa shape index (κ3) is 4.83. The van der Waals surface area contributed by atoms with Crippen LogP contribution in [0.25, 0.3) is 0 Å². The predicted octanol–water partition coefficient (Wildman–Crippen LogP) is 3.60. The zero-order valence-electron chi connectivity index (χ0n) is 13.8. The lowest BCUT2D eigenvalue weighted by molar-refractivity contribution is 0.0950. The second-order valence-electron chi connectivity index (χ2n) is 6.20. The van der Waals surface area contributed by atoms with Gasteiger partial charge in [-0.25, -0.2) is 0 Å². The summed E-state index contributed by atoms with van der Waals surface area (Å²) in [6.07, 6.45) is 3.51. The topological polar surface area (TPSA) is 50.4 Å². The van der Waals surface area contributed by atoms with Crippen LogP contribution < -0.4 is 15.4 Å². The van der Waals surface area contributed by atoms with Crippen LogP contribution in [0.15, 0.2) is 54.6 Å². The molecule has 1 aliphatic heterocycles. The van der Waals surface area contributed by atoms with Crippen molar-refractivity contribution in [2.24, 2.45) is 5.92 Å². The van der Waals surface area contributed by atoms with E-state index in [1.807, 2.05) is 48.5 Å². The van der Waals surface area contributed by atoms with Gasteiger partial charge in [-0.2, -0.15) is 0 Å². The fraction of sp³-hybridized carbons (Fsp3) is 0.350. The molecule has 0 aromatic heterocycles. The largest absolute Gasteiger partial charge is 0.457 e. The van der Waals surface area contributed by atoms with Gasteiger partial charge in [0, 0.05) is 12.1 Å². The Morgan fingerprint density at radius 2 is 1.96 bits per heavy atom. The van der Waals surface area contributed by atoms with E-state index in [9.17, 15) is 4.79 Å². The second kappa shape index (κ2) is 8.50. The van der Waals surface area contributed by atoms with E-state index in [-0.39, 0.29) is 5.91 Å². The van der Waals surface area contributed by atoms with Gasteiger partial charge >= 0.3 is 0 Å². The maximum atomic E-state index is 12.3. The molecule has 1 saturated heterocycles. The molecule has 2 aromatic carbocycles. The molecule has 0 saturated carbocycles. The quantitative estimate of drug-likeness (QED) is 0.853. The standard InChI is InChI=1S/C20H24N2O2/c23-20(22-13-11-16-6-5-12-21-15-16)17-7-4-10-19(14-17)24-18-8-2-1-3-9-18/h1-4,7-10,14,16,21H,5-6,11-13,15H2,(H,22,23). The van der Waals surface area contributed by atoms with Gasteiger partial charge in [0.2, 0.25) is 0 Å². The molecule has 0 radical (unpaired) electrons. The van der Waals surface area contributed by atoms with Crippen LogP contribution in [0.1, 0.15) is 29.6 Å². The molecule has 0 aliphatic carbocycles. The number of nitrogens with one attached hydrogen (secondary N) is 2. The summed E-state index contributed by atoms with van der Waals surface area (Å²) in [6.45, 7) is 2.91. The maximum absolute atomic E-state index is 12.3. The number of carbonyl (C=O) groups is 1. The van der Waals surface area contributed by atoms with Crippen molar-refractivity contribution in [3.05, 3.63) is 60.2 Å². The molecule has 24 heavy (non-hydrogen) atoms. The van der Waals surface area contributed by atoms with Crippen LogP contribution in [0.3, 0.4) is 0 Å². The molecule has 126 valence electrons. The highest BCUT2D eigenvalue weighted by atomic mass is 16.5. The van der Waals surface area contributed by atoms with Gasteiger partial charge in [-0.3, -0.25) is 4.79 Å². The third-order valence-electron chi connectivity index (χ3n) is 4.31. The molecule has 3 rings (SSSR count).